The van der Waals surface area contributed by atoms with Gasteiger partial charge in [-0.2, -0.15) is 0 Å². The first-order valence-electron chi connectivity index (χ1n) is 15.7. The first kappa shape index (κ1) is 26.6. The molecule has 6 aromatic carbocycles. The van der Waals surface area contributed by atoms with Crippen molar-refractivity contribution in [2.75, 3.05) is 0 Å². The molecule has 1 aromatic heterocycles. The van der Waals surface area contributed by atoms with Crippen LogP contribution >= 0.6 is 0 Å². The molecule has 1 spiro atoms. The Morgan fingerprint density at radius 2 is 1.07 bits per heavy atom. The van der Waals surface area contributed by atoms with Gasteiger partial charge in [0, 0.05) is 22.1 Å². The largest absolute Gasteiger partial charge is 0.461 e. The van der Waals surface area contributed by atoms with Gasteiger partial charge in [0.1, 0.15) is 6.61 Å². The number of rotatable bonds is 5. The molecule has 0 saturated heterocycles. The number of aromatic nitrogens is 1. The summed E-state index contributed by atoms with van der Waals surface area (Å²) in [6.07, 6.45) is 0.222. The number of carbonyl (C=O) groups excluding carboxylic acids is 1. The Balaban J connectivity index is 1.17. The molecular weight excluding hydrogens is 562 g/mol. The van der Waals surface area contributed by atoms with E-state index in [-0.39, 0.29) is 19.0 Å². The molecule has 1 heterocycles. The number of benzene rings is 6. The Kier molecular flexibility index (Phi) is 6.01. The molecule has 3 heteroatoms. The van der Waals surface area contributed by atoms with E-state index in [0.29, 0.717) is 0 Å². The second-order valence-corrected chi connectivity index (χ2v) is 12.1. The molecule has 218 valence electrons. The molecule has 46 heavy (non-hydrogen) atoms. The highest BCUT2D eigenvalue weighted by Gasteiger charge is 2.53. The highest BCUT2D eigenvalue weighted by atomic mass is 16.5. The van der Waals surface area contributed by atoms with Crippen molar-refractivity contribution in [3.63, 3.8) is 0 Å². The second-order valence-electron chi connectivity index (χ2n) is 12.1. The van der Waals surface area contributed by atoms with Gasteiger partial charge in [-0.05, 0) is 44.3 Å². The lowest BCUT2D eigenvalue weighted by Crippen LogP contribution is -2.26. The van der Waals surface area contributed by atoms with E-state index in [1.54, 1.807) is 0 Å². The smallest absolute Gasteiger partial charge is 0.310 e. The van der Waals surface area contributed by atoms with E-state index in [2.05, 4.69) is 109 Å². The number of hydrogen-bond donors (Lipinski definition) is 0. The molecule has 0 fully saturated rings. The minimum Gasteiger partial charge on any atom is -0.461 e. The highest BCUT2D eigenvalue weighted by Crippen LogP contribution is 2.63. The van der Waals surface area contributed by atoms with Crippen molar-refractivity contribution in [2.24, 2.45) is 0 Å². The van der Waals surface area contributed by atoms with Crippen molar-refractivity contribution in [2.45, 2.75) is 18.4 Å². The fraction of sp³-hybridized carbons (Fsp3) is 0.0698. The fourth-order valence-corrected chi connectivity index (χ4v) is 7.74. The molecule has 0 aliphatic heterocycles. The zero-order chi connectivity index (χ0) is 30.7. The molecule has 0 saturated carbocycles. The van der Waals surface area contributed by atoms with E-state index in [0.717, 1.165) is 33.5 Å². The Morgan fingerprint density at radius 1 is 0.522 bits per heavy atom. The average molecular weight is 592 g/mol. The van der Waals surface area contributed by atoms with Crippen LogP contribution in [0.3, 0.4) is 0 Å². The molecule has 0 atom stereocenters. The number of esters is 1. The van der Waals surface area contributed by atoms with Crippen LogP contribution in [0.25, 0.3) is 44.4 Å². The first-order chi connectivity index (χ1) is 22.7. The summed E-state index contributed by atoms with van der Waals surface area (Å²) < 4.78 is 5.53. The maximum atomic E-state index is 12.6. The number of carbonyl (C=O) groups is 1. The molecule has 2 aliphatic rings. The zero-order valence-corrected chi connectivity index (χ0v) is 25.1. The van der Waals surface area contributed by atoms with Crippen molar-refractivity contribution in [1.29, 1.82) is 0 Å². The highest BCUT2D eigenvalue weighted by molar-refractivity contribution is 6.06. The van der Waals surface area contributed by atoms with Crippen LogP contribution in [0.2, 0.25) is 0 Å². The predicted octanol–water partition coefficient (Wildman–Crippen LogP) is 9.53. The minimum atomic E-state index is -0.450. The molecule has 0 unspecified atom stereocenters. The van der Waals surface area contributed by atoms with Gasteiger partial charge in [0.2, 0.25) is 0 Å². The molecule has 0 radical (unpaired) electrons. The lowest BCUT2D eigenvalue weighted by atomic mass is 9.69. The Bertz CT molecular complexity index is 2260. The Morgan fingerprint density at radius 3 is 1.74 bits per heavy atom. The number of pyridine rings is 1. The van der Waals surface area contributed by atoms with E-state index < -0.39 is 5.41 Å². The molecule has 3 nitrogen and oxygen atoms in total. The maximum Gasteiger partial charge on any atom is 0.310 e. The summed E-state index contributed by atoms with van der Waals surface area (Å²) in [4.78, 5) is 18.1. The standard InChI is InChI=1S/C43H29NO2/c45-39(46-27-29-12-2-1-3-13-29)26-28-22-24-30(25-23-28)41-34-17-5-4-16-33(34)40-42(44-41)35-18-8-11-21-38(35)43(40)36-19-9-6-14-31(36)32-15-7-10-20-37(32)43/h1-25H,26-27H2. The summed E-state index contributed by atoms with van der Waals surface area (Å²) in [6.45, 7) is 0.278. The van der Waals surface area contributed by atoms with Crippen molar-refractivity contribution in [1.82, 2.24) is 4.98 Å². The molecule has 0 amide bonds. The quantitative estimate of drug-likeness (QED) is 0.187. The van der Waals surface area contributed by atoms with Crippen LogP contribution in [0.4, 0.5) is 0 Å². The van der Waals surface area contributed by atoms with Crippen molar-refractivity contribution in [3.05, 3.63) is 185 Å². The monoisotopic (exact) mass is 591 g/mol. The van der Waals surface area contributed by atoms with Crippen LogP contribution in [-0.4, -0.2) is 11.0 Å². The van der Waals surface area contributed by atoms with Gasteiger partial charge in [-0.3, -0.25) is 4.79 Å². The van der Waals surface area contributed by atoms with Crippen LogP contribution in [0, 0.1) is 0 Å². The third-order valence-electron chi connectivity index (χ3n) is 9.64. The molecule has 7 aromatic rings. The maximum absolute atomic E-state index is 12.6. The van der Waals surface area contributed by atoms with Crippen molar-refractivity contribution >= 4 is 16.7 Å². The fourth-order valence-electron chi connectivity index (χ4n) is 7.74. The van der Waals surface area contributed by atoms with Gasteiger partial charge >= 0.3 is 5.97 Å². The second kappa shape index (κ2) is 10.4. The van der Waals surface area contributed by atoms with Gasteiger partial charge < -0.3 is 4.74 Å². The van der Waals surface area contributed by atoms with Crippen LogP contribution in [0.1, 0.15) is 33.4 Å². The van der Waals surface area contributed by atoms with Gasteiger partial charge in [-0.15, -0.1) is 0 Å². The molecule has 0 N–H and O–H groups in total. The third-order valence-corrected chi connectivity index (χ3v) is 9.64. The van der Waals surface area contributed by atoms with Gasteiger partial charge in [0.05, 0.1) is 23.2 Å². The predicted molar refractivity (Wildman–Crippen MR) is 183 cm³/mol. The van der Waals surface area contributed by atoms with Gasteiger partial charge in [0.15, 0.2) is 0 Å². The van der Waals surface area contributed by atoms with Gasteiger partial charge in [-0.1, -0.05) is 152 Å². The van der Waals surface area contributed by atoms with Gasteiger partial charge in [-0.25, -0.2) is 4.98 Å². The van der Waals surface area contributed by atoms with Crippen LogP contribution in [-0.2, 0) is 28.0 Å². The number of nitrogens with zero attached hydrogens (tertiary/aromatic N) is 1. The zero-order valence-electron chi connectivity index (χ0n) is 25.1. The van der Waals surface area contributed by atoms with Gasteiger partial charge in [0.25, 0.3) is 0 Å². The normalized spacial score (nSPS) is 13.2. The van der Waals surface area contributed by atoms with E-state index >= 15 is 0 Å². The minimum absolute atomic E-state index is 0.222. The summed E-state index contributed by atoms with van der Waals surface area (Å²) in [6, 6.07) is 53.2. The molecule has 0 bridgehead atoms. The topological polar surface area (TPSA) is 39.2 Å². The summed E-state index contributed by atoms with van der Waals surface area (Å²) in [7, 11) is 0. The van der Waals surface area contributed by atoms with E-state index in [9.17, 15) is 4.79 Å². The van der Waals surface area contributed by atoms with Crippen LogP contribution < -0.4 is 0 Å². The Labute approximate surface area is 267 Å². The lowest BCUT2D eigenvalue weighted by Gasteiger charge is -2.31. The summed E-state index contributed by atoms with van der Waals surface area (Å²) in [5.74, 6) is -0.239. The molecule has 2 aliphatic carbocycles. The molecular formula is C43H29NO2. The number of fused-ring (bicyclic) bond motifs is 12. The average Bonchev–Trinajstić information content (AvgIpc) is 3.59. The number of ether oxygens (including phenoxy) is 1. The van der Waals surface area contributed by atoms with E-state index in [1.165, 1.54) is 44.3 Å². The number of hydrogen-bond acceptors (Lipinski definition) is 3. The molecule has 9 rings (SSSR count). The summed E-state index contributed by atoms with van der Waals surface area (Å²) >= 11 is 0. The SMILES string of the molecule is O=C(Cc1ccc(-c2nc3c(c4ccccc24)C2(c4ccccc4-c4ccccc42)c2ccccc2-3)cc1)OCc1ccccc1. The summed E-state index contributed by atoms with van der Waals surface area (Å²) in [5.41, 5.74) is 13.3. The first-order valence-corrected chi connectivity index (χ1v) is 15.7. The van der Waals surface area contributed by atoms with Crippen molar-refractivity contribution < 1.29 is 9.53 Å². The van der Waals surface area contributed by atoms with E-state index in [4.69, 9.17) is 9.72 Å². The van der Waals surface area contributed by atoms with Crippen molar-refractivity contribution in [3.8, 4) is 33.6 Å². The van der Waals surface area contributed by atoms with Crippen LogP contribution in [0.5, 0.6) is 0 Å². The third kappa shape index (κ3) is 3.85. The van der Waals surface area contributed by atoms with Crippen LogP contribution in [0.15, 0.2) is 152 Å². The lowest BCUT2D eigenvalue weighted by molar-refractivity contribution is -0.144. The van der Waals surface area contributed by atoms with E-state index in [1.807, 2.05) is 42.5 Å². The summed E-state index contributed by atoms with van der Waals surface area (Å²) in [5, 5.41) is 2.32. The Hall–Kier alpha value is -5.80.